The van der Waals surface area contributed by atoms with Crippen molar-refractivity contribution >= 4 is 29.2 Å². The molecule has 0 spiro atoms. The Morgan fingerprint density at radius 2 is 1.86 bits per heavy atom. The van der Waals surface area contributed by atoms with Crippen LogP contribution in [-0.4, -0.2) is 25.0 Å². The van der Waals surface area contributed by atoms with Crippen LogP contribution in [0.1, 0.15) is 20.8 Å². The fourth-order valence-electron chi connectivity index (χ4n) is 2.60. The summed E-state index contributed by atoms with van der Waals surface area (Å²) in [4.78, 5) is 26.1. The number of para-hydroxylation sites is 1. The van der Waals surface area contributed by atoms with Gasteiger partial charge < -0.3 is 15.4 Å². The van der Waals surface area contributed by atoms with Crippen LogP contribution in [0.2, 0.25) is 0 Å². The Hall–Kier alpha value is -3.38. The summed E-state index contributed by atoms with van der Waals surface area (Å²) in [5.41, 5.74) is 1.67. The lowest BCUT2D eigenvalue weighted by molar-refractivity contribution is -0.117. The topological polar surface area (TPSA) is 67.4 Å². The fourth-order valence-corrected chi connectivity index (χ4v) is 3.26. The summed E-state index contributed by atoms with van der Waals surface area (Å²) in [5, 5.41) is 7.44. The van der Waals surface area contributed by atoms with E-state index < -0.39 is 0 Å². The molecule has 2 aromatic carbocycles. The van der Waals surface area contributed by atoms with Gasteiger partial charge in [0.25, 0.3) is 11.8 Å². The molecule has 0 saturated carbocycles. The van der Waals surface area contributed by atoms with E-state index in [-0.39, 0.29) is 17.5 Å². The summed E-state index contributed by atoms with van der Waals surface area (Å²) in [6.45, 7) is 2.56. The van der Waals surface area contributed by atoms with Crippen LogP contribution in [-0.2, 0) is 4.79 Å². The van der Waals surface area contributed by atoms with Gasteiger partial charge >= 0.3 is 0 Å². The largest absolute Gasteiger partial charge is 0.492 e. The number of thiophene rings is 1. The van der Waals surface area contributed by atoms with Gasteiger partial charge in [-0.2, -0.15) is 0 Å². The van der Waals surface area contributed by atoms with Crippen molar-refractivity contribution in [3.8, 4) is 5.75 Å². The van der Waals surface area contributed by atoms with E-state index in [1.54, 1.807) is 18.2 Å². The number of benzene rings is 2. The van der Waals surface area contributed by atoms with Crippen molar-refractivity contribution in [1.29, 1.82) is 0 Å². The molecule has 0 unspecified atom stereocenters. The van der Waals surface area contributed by atoms with Crippen molar-refractivity contribution in [3.63, 3.8) is 0 Å². The molecule has 0 aliphatic carbocycles. The van der Waals surface area contributed by atoms with E-state index >= 15 is 0 Å². The molecule has 0 bridgehead atoms. The lowest BCUT2D eigenvalue weighted by Crippen LogP contribution is -2.36. The Morgan fingerprint density at radius 3 is 2.59 bits per heavy atom. The fraction of sp³-hybridized carbons (Fsp3) is 0.130. The quantitative estimate of drug-likeness (QED) is 0.439. The molecule has 6 heteroatoms. The normalized spacial score (nSPS) is 11.0. The van der Waals surface area contributed by atoms with Gasteiger partial charge in [-0.1, -0.05) is 42.0 Å². The molecule has 148 valence electrons. The Morgan fingerprint density at radius 1 is 1.03 bits per heavy atom. The maximum absolute atomic E-state index is 12.7. The minimum absolute atomic E-state index is 0.193. The van der Waals surface area contributed by atoms with Gasteiger partial charge in [0.1, 0.15) is 18.1 Å². The molecule has 2 amide bonds. The van der Waals surface area contributed by atoms with E-state index in [2.05, 4.69) is 10.6 Å². The number of carbonyl (C=O) groups is 2. The molecule has 0 saturated heterocycles. The van der Waals surface area contributed by atoms with Crippen molar-refractivity contribution in [2.75, 3.05) is 13.2 Å². The first kappa shape index (κ1) is 20.4. The maximum Gasteiger partial charge on any atom is 0.267 e. The van der Waals surface area contributed by atoms with Crippen LogP contribution < -0.4 is 15.4 Å². The zero-order valence-corrected chi connectivity index (χ0v) is 16.9. The van der Waals surface area contributed by atoms with Crippen molar-refractivity contribution in [3.05, 3.63) is 93.8 Å². The molecular formula is C23H22N2O3S. The van der Waals surface area contributed by atoms with Crippen LogP contribution >= 0.6 is 11.3 Å². The van der Waals surface area contributed by atoms with Gasteiger partial charge in [-0.25, -0.2) is 0 Å². The van der Waals surface area contributed by atoms with E-state index in [0.717, 1.165) is 16.2 Å². The van der Waals surface area contributed by atoms with E-state index in [4.69, 9.17) is 4.74 Å². The standard InChI is InChI=1S/C23H22N2O3S/c1-17-7-5-8-18(15-17)22(26)25-21(16-20-11-6-14-29-20)23(27)24-12-13-28-19-9-3-2-4-10-19/h2-11,14-16H,12-13H2,1H3,(H,24,27)(H,25,26)/b21-16-. The number of aryl methyl sites for hydroxylation is 1. The van der Waals surface area contributed by atoms with Gasteiger partial charge in [-0.05, 0) is 48.7 Å². The first-order valence-electron chi connectivity index (χ1n) is 9.21. The van der Waals surface area contributed by atoms with E-state index in [9.17, 15) is 9.59 Å². The SMILES string of the molecule is Cc1cccc(C(=O)N/C(=C\c2cccs2)C(=O)NCCOc2ccccc2)c1. The average Bonchev–Trinajstić information content (AvgIpc) is 3.24. The molecule has 3 aromatic rings. The molecule has 5 nitrogen and oxygen atoms in total. The van der Waals surface area contributed by atoms with Gasteiger partial charge in [-0.15, -0.1) is 11.3 Å². The third-order valence-electron chi connectivity index (χ3n) is 4.00. The number of carbonyl (C=O) groups excluding carboxylic acids is 2. The highest BCUT2D eigenvalue weighted by molar-refractivity contribution is 7.10. The third-order valence-corrected chi connectivity index (χ3v) is 4.82. The Labute approximate surface area is 174 Å². The highest BCUT2D eigenvalue weighted by Gasteiger charge is 2.15. The molecule has 0 fully saturated rings. The Bertz CT molecular complexity index is 982. The molecule has 0 aliphatic heterocycles. The van der Waals surface area contributed by atoms with Crippen molar-refractivity contribution in [1.82, 2.24) is 10.6 Å². The number of ether oxygens (including phenoxy) is 1. The zero-order valence-electron chi connectivity index (χ0n) is 16.1. The zero-order chi connectivity index (χ0) is 20.5. The second-order valence-corrected chi connectivity index (χ2v) is 7.29. The molecule has 3 rings (SSSR count). The van der Waals surface area contributed by atoms with Crippen LogP contribution in [0.25, 0.3) is 6.08 Å². The number of amides is 2. The van der Waals surface area contributed by atoms with Crippen molar-refractivity contribution < 1.29 is 14.3 Å². The van der Waals surface area contributed by atoms with Gasteiger partial charge in [0.15, 0.2) is 0 Å². The smallest absolute Gasteiger partial charge is 0.267 e. The molecule has 2 N–H and O–H groups in total. The molecular weight excluding hydrogens is 384 g/mol. The number of hydrogen-bond donors (Lipinski definition) is 2. The van der Waals surface area contributed by atoms with Gasteiger partial charge in [0.05, 0.1) is 6.54 Å². The van der Waals surface area contributed by atoms with E-state index in [0.29, 0.717) is 18.7 Å². The lowest BCUT2D eigenvalue weighted by atomic mass is 10.1. The average molecular weight is 407 g/mol. The monoisotopic (exact) mass is 406 g/mol. The van der Waals surface area contributed by atoms with E-state index in [1.807, 2.05) is 66.9 Å². The number of nitrogens with one attached hydrogen (secondary N) is 2. The van der Waals surface area contributed by atoms with Crippen LogP contribution in [0, 0.1) is 6.92 Å². The van der Waals surface area contributed by atoms with Gasteiger partial charge in [0.2, 0.25) is 0 Å². The number of hydrogen-bond acceptors (Lipinski definition) is 4. The van der Waals surface area contributed by atoms with Gasteiger partial charge in [-0.3, -0.25) is 9.59 Å². The van der Waals surface area contributed by atoms with Crippen LogP contribution in [0.15, 0.2) is 77.8 Å². The summed E-state index contributed by atoms with van der Waals surface area (Å²) in [5.74, 6) is 0.0482. The Kier molecular flexibility index (Phi) is 7.19. The summed E-state index contributed by atoms with van der Waals surface area (Å²) >= 11 is 1.49. The first-order valence-corrected chi connectivity index (χ1v) is 10.1. The predicted molar refractivity (Wildman–Crippen MR) is 116 cm³/mol. The maximum atomic E-state index is 12.7. The minimum Gasteiger partial charge on any atom is -0.492 e. The lowest BCUT2D eigenvalue weighted by Gasteiger charge is -2.12. The predicted octanol–water partition coefficient (Wildman–Crippen LogP) is 4.02. The van der Waals surface area contributed by atoms with Crippen LogP contribution in [0.5, 0.6) is 5.75 Å². The highest BCUT2D eigenvalue weighted by Crippen LogP contribution is 2.13. The highest BCUT2D eigenvalue weighted by atomic mass is 32.1. The summed E-state index contributed by atoms with van der Waals surface area (Å²) in [6.07, 6.45) is 1.67. The summed E-state index contributed by atoms with van der Waals surface area (Å²) in [6, 6.07) is 20.4. The minimum atomic E-state index is -0.365. The molecule has 0 atom stereocenters. The molecule has 0 aliphatic rings. The van der Waals surface area contributed by atoms with Crippen LogP contribution in [0.3, 0.4) is 0 Å². The molecule has 0 radical (unpaired) electrons. The molecule has 29 heavy (non-hydrogen) atoms. The third kappa shape index (κ3) is 6.33. The second kappa shape index (κ2) is 10.2. The molecule has 1 heterocycles. The summed E-state index contributed by atoms with van der Waals surface area (Å²) < 4.78 is 5.59. The van der Waals surface area contributed by atoms with Crippen LogP contribution in [0.4, 0.5) is 0 Å². The van der Waals surface area contributed by atoms with Gasteiger partial charge in [0, 0.05) is 10.4 Å². The molecule has 1 aromatic heterocycles. The van der Waals surface area contributed by atoms with Crippen molar-refractivity contribution in [2.24, 2.45) is 0 Å². The summed E-state index contributed by atoms with van der Waals surface area (Å²) in [7, 11) is 0. The Balaban J connectivity index is 1.63. The second-order valence-electron chi connectivity index (χ2n) is 6.31. The van der Waals surface area contributed by atoms with Crippen molar-refractivity contribution in [2.45, 2.75) is 6.92 Å². The number of rotatable bonds is 8. The first-order chi connectivity index (χ1) is 14.1. The van der Waals surface area contributed by atoms with E-state index in [1.165, 1.54) is 11.3 Å².